The second-order valence-corrected chi connectivity index (χ2v) is 10.0. The number of carbonyl (C=O) groups is 2. The van der Waals surface area contributed by atoms with Crippen LogP contribution in [0.1, 0.15) is 41.5 Å². The largest absolute Gasteiger partial charge is 0.443 e. The molecule has 0 saturated heterocycles. The molecule has 33 heavy (non-hydrogen) atoms. The van der Waals surface area contributed by atoms with Crippen molar-refractivity contribution in [1.29, 1.82) is 0 Å². The first-order valence-corrected chi connectivity index (χ1v) is 10.9. The molecule has 0 unspecified atom stereocenters. The Kier molecular flexibility index (Phi) is 6.87. The van der Waals surface area contributed by atoms with Gasteiger partial charge in [0.15, 0.2) is 5.82 Å². The second-order valence-electron chi connectivity index (χ2n) is 9.10. The van der Waals surface area contributed by atoms with Crippen LogP contribution in [0, 0.1) is 0 Å². The van der Waals surface area contributed by atoms with Crippen molar-refractivity contribution in [3.05, 3.63) is 47.1 Å². The molecule has 0 aliphatic carbocycles. The van der Waals surface area contributed by atoms with E-state index in [-0.39, 0.29) is 23.2 Å². The van der Waals surface area contributed by atoms with Gasteiger partial charge in [0, 0.05) is 16.2 Å². The Morgan fingerprint density at radius 3 is 2.00 bits per heavy atom. The summed E-state index contributed by atoms with van der Waals surface area (Å²) in [7, 11) is 0. The summed E-state index contributed by atoms with van der Waals surface area (Å²) in [6.45, 7) is 10.2. The maximum absolute atomic E-state index is 13.1. The quantitative estimate of drug-likeness (QED) is 0.402. The molecule has 10 heteroatoms. The monoisotopic (exact) mass is 516 g/mol. The van der Waals surface area contributed by atoms with Crippen LogP contribution in [0.5, 0.6) is 0 Å². The van der Waals surface area contributed by atoms with Crippen LogP contribution in [0.25, 0.3) is 22.9 Å². The lowest BCUT2D eigenvalue weighted by Gasteiger charge is -2.28. The topological polar surface area (TPSA) is 108 Å². The summed E-state index contributed by atoms with van der Waals surface area (Å²) in [6, 6.07) is 10.8. The van der Waals surface area contributed by atoms with Crippen molar-refractivity contribution in [2.24, 2.45) is 0 Å². The summed E-state index contributed by atoms with van der Waals surface area (Å²) < 4.78 is 17.3. The van der Waals surface area contributed by atoms with Gasteiger partial charge in [-0.25, -0.2) is 14.6 Å². The van der Waals surface area contributed by atoms with E-state index in [1.807, 2.05) is 30.3 Å². The van der Waals surface area contributed by atoms with Gasteiger partial charge in [0.25, 0.3) is 5.89 Å². The van der Waals surface area contributed by atoms with Gasteiger partial charge >= 0.3 is 12.2 Å². The van der Waals surface area contributed by atoms with Gasteiger partial charge in [0.1, 0.15) is 11.2 Å². The Morgan fingerprint density at radius 2 is 1.45 bits per heavy atom. The molecule has 0 saturated carbocycles. The number of halogens is 1. The first-order chi connectivity index (χ1) is 15.3. The van der Waals surface area contributed by atoms with Gasteiger partial charge in [0.05, 0.1) is 5.56 Å². The van der Waals surface area contributed by atoms with Gasteiger partial charge in [-0.2, -0.15) is 4.90 Å². The molecule has 2 aromatic heterocycles. The van der Waals surface area contributed by atoms with Crippen molar-refractivity contribution < 1.29 is 23.5 Å². The molecule has 9 nitrogen and oxygen atoms in total. The minimum Gasteiger partial charge on any atom is -0.443 e. The number of ether oxygens (including phenoxy) is 2. The van der Waals surface area contributed by atoms with Gasteiger partial charge < -0.3 is 13.9 Å². The summed E-state index contributed by atoms with van der Waals surface area (Å²) in [4.78, 5) is 31.1. The van der Waals surface area contributed by atoms with E-state index in [2.05, 4.69) is 31.1 Å². The van der Waals surface area contributed by atoms with E-state index in [9.17, 15) is 9.59 Å². The van der Waals surface area contributed by atoms with E-state index in [0.717, 1.165) is 10.5 Å². The van der Waals surface area contributed by atoms with Crippen LogP contribution in [0.3, 0.4) is 0 Å². The number of nitrogens with zero attached hydrogens (tertiary/aromatic N) is 4. The molecule has 0 spiro atoms. The average Bonchev–Trinajstić information content (AvgIpc) is 3.17. The highest BCUT2D eigenvalue weighted by atomic mass is 79.9. The molecule has 3 aromatic rings. The van der Waals surface area contributed by atoms with Crippen molar-refractivity contribution in [3.8, 4) is 22.9 Å². The third kappa shape index (κ3) is 6.38. The van der Waals surface area contributed by atoms with Crippen LogP contribution in [0.2, 0.25) is 0 Å². The maximum Gasteiger partial charge on any atom is 0.425 e. The highest BCUT2D eigenvalue weighted by Crippen LogP contribution is 2.34. The molecular formula is C23H25BrN4O5. The zero-order chi connectivity index (χ0) is 24.4. The molecule has 0 fully saturated rings. The molecule has 0 aliphatic rings. The van der Waals surface area contributed by atoms with E-state index in [1.54, 1.807) is 47.6 Å². The number of carbonyl (C=O) groups excluding carboxylic acids is 2. The number of benzene rings is 1. The van der Waals surface area contributed by atoms with Gasteiger partial charge in [-0.05, 0) is 75.7 Å². The van der Waals surface area contributed by atoms with Crippen molar-refractivity contribution in [1.82, 2.24) is 15.2 Å². The van der Waals surface area contributed by atoms with Crippen LogP contribution in [-0.4, -0.2) is 38.6 Å². The van der Waals surface area contributed by atoms with Gasteiger partial charge in [0.2, 0.25) is 5.89 Å². The van der Waals surface area contributed by atoms with Crippen molar-refractivity contribution in [3.63, 3.8) is 0 Å². The molecule has 174 valence electrons. The number of amides is 2. The van der Waals surface area contributed by atoms with E-state index >= 15 is 0 Å². The standard InChI is InChI=1S/C23H25BrN4O5/c1-22(2,3)32-20(29)28(21(30)33-23(4,5)6)17-16(12-15(24)13-25-17)19-27-26-18(31-19)14-10-8-7-9-11-14/h7-13H,1-6H3. The molecular weight excluding hydrogens is 492 g/mol. The van der Waals surface area contributed by atoms with Crippen LogP contribution in [0.15, 0.2) is 51.5 Å². The fourth-order valence-corrected chi connectivity index (χ4v) is 2.99. The molecule has 0 atom stereocenters. The fourth-order valence-electron chi connectivity index (χ4n) is 2.66. The van der Waals surface area contributed by atoms with E-state index in [0.29, 0.717) is 4.47 Å². The molecule has 0 bridgehead atoms. The molecule has 0 radical (unpaired) electrons. The number of imide groups is 1. The highest BCUT2D eigenvalue weighted by Gasteiger charge is 2.36. The second kappa shape index (κ2) is 9.30. The lowest BCUT2D eigenvalue weighted by Crippen LogP contribution is -2.44. The summed E-state index contributed by atoms with van der Waals surface area (Å²) in [5, 5.41) is 8.20. The number of aromatic nitrogens is 3. The molecule has 1 aromatic carbocycles. The predicted octanol–water partition coefficient (Wildman–Crippen LogP) is 6.24. The van der Waals surface area contributed by atoms with Crippen LogP contribution in [-0.2, 0) is 9.47 Å². The zero-order valence-electron chi connectivity index (χ0n) is 19.2. The minimum absolute atomic E-state index is 0.0646. The molecule has 0 aliphatic heterocycles. The van der Waals surface area contributed by atoms with Crippen molar-refractivity contribution in [2.75, 3.05) is 4.90 Å². The van der Waals surface area contributed by atoms with Gasteiger partial charge in [-0.3, -0.25) is 0 Å². The Balaban J connectivity index is 2.11. The third-order valence-electron chi connectivity index (χ3n) is 3.87. The maximum atomic E-state index is 13.1. The number of hydrogen-bond donors (Lipinski definition) is 0. The van der Waals surface area contributed by atoms with Gasteiger partial charge in [-0.15, -0.1) is 10.2 Å². The van der Waals surface area contributed by atoms with Crippen LogP contribution in [0.4, 0.5) is 15.4 Å². The van der Waals surface area contributed by atoms with Crippen LogP contribution >= 0.6 is 15.9 Å². The van der Waals surface area contributed by atoms with Crippen molar-refractivity contribution >= 4 is 33.9 Å². The molecule has 3 rings (SSSR count). The van der Waals surface area contributed by atoms with Gasteiger partial charge in [-0.1, -0.05) is 18.2 Å². The average molecular weight is 517 g/mol. The lowest BCUT2D eigenvalue weighted by molar-refractivity contribution is 0.0429. The predicted molar refractivity (Wildman–Crippen MR) is 126 cm³/mol. The molecule has 2 amide bonds. The number of rotatable bonds is 3. The zero-order valence-corrected chi connectivity index (χ0v) is 20.8. The first-order valence-electron chi connectivity index (χ1n) is 10.1. The Labute approximate surface area is 200 Å². The number of pyridine rings is 1. The van der Waals surface area contributed by atoms with Crippen LogP contribution < -0.4 is 4.90 Å². The summed E-state index contributed by atoms with van der Waals surface area (Å²) in [6.07, 6.45) is -0.457. The lowest BCUT2D eigenvalue weighted by atomic mass is 10.2. The summed E-state index contributed by atoms with van der Waals surface area (Å²) in [5.74, 6) is 0.275. The molecule has 2 heterocycles. The number of hydrogen-bond acceptors (Lipinski definition) is 8. The number of anilines is 1. The van der Waals surface area contributed by atoms with E-state index in [4.69, 9.17) is 13.9 Å². The Morgan fingerprint density at radius 1 is 0.909 bits per heavy atom. The van der Waals surface area contributed by atoms with E-state index < -0.39 is 23.4 Å². The summed E-state index contributed by atoms with van der Waals surface area (Å²) in [5.41, 5.74) is -0.761. The minimum atomic E-state index is -0.948. The third-order valence-corrected chi connectivity index (χ3v) is 4.31. The smallest absolute Gasteiger partial charge is 0.425 e. The normalized spacial score (nSPS) is 11.7. The summed E-state index contributed by atoms with van der Waals surface area (Å²) >= 11 is 3.36. The Bertz CT molecular complexity index is 1120. The Hall–Kier alpha value is -3.27. The fraction of sp³-hybridized carbons (Fsp3) is 0.348. The van der Waals surface area contributed by atoms with Crippen molar-refractivity contribution in [2.45, 2.75) is 52.7 Å². The molecule has 0 N–H and O–H groups in total. The SMILES string of the molecule is CC(C)(C)OC(=O)N(C(=O)OC(C)(C)C)c1ncc(Br)cc1-c1nnc(-c2ccccc2)o1. The first kappa shape index (κ1) is 24.4. The highest BCUT2D eigenvalue weighted by molar-refractivity contribution is 9.10. The van der Waals surface area contributed by atoms with E-state index in [1.165, 1.54) is 6.20 Å².